The van der Waals surface area contributed by atoms with E-state index >= 15 is 0 Å². The number of carbonyl (C=O) groups excluding carboxylic acids is 1. The molecule has 1 aromatic heterocycles. The second-order valence-corrected chi connectivity index (χ2v) is 7.71. The third-order valence-corrected chi connectivity index (χ3v) is 6.00. The molecule has 0 amide bonds. The topological polar surface area (TPSA) is 61.2 Å². The van der Waals surface area contributed by atoms with Crippen molar-refractivity contribution in [1.82, 2.24) is 9.55 Å². The minimum Gasteiger partial charge on any atom is -0.465 e. The number of rotatable bonds is 5. The molecule has 29 heavy (non-hydrogen) atoms. The molecule has 4 rings (SSSR count). The van der Waals surface area contributed by atoms with Crippen LogP contribution in [0.5, 0.6) is 0 Å². The molecule has 1 atom stereocenters. The van der Waals surface area contributed by atoms with Crippen LogP contribution < -0.4 is 5.56 Å². The number of thioether (sulfide) groups is 1. The van der Waals surface area contributed by atoms with Crippen molar-refractivity contribution in [2.45, 2.75) is 17.3 Å². The van der Waals surface area contributed by atoms with E-state index in [1.807, 2.05) is 66.7 Å². The maximum absolute atomic E-state index is 13.0. The van der Waals surface area contributed by atoms with Crippen molar-refractivity contribution in [2.24, 2.45) is 7.05 Å². The Balaban J connectivity index is 1.83. The lowest BCUT2D eigenvalue weighted by atomic mass is 10.1. The van der Waals surface area contributed by atoms with Gasteiger partial charge in [0.25, 0.3) is 5.56 Å². The van der Waals surface area contributed by atoms with Crippen molar-refractivity contribution >= 4 is 39.4 Å². The van der Waals surface area contributed by atoms with Gasteiger partial charge in [-0.25, -0.2) is 4.98 Å². The fourth-order valence-electron chi connectivity index (χ4n) is 3.25. The first kappa shape index (κ1) is 19.2. The van der Waals surface area contributed by atoms with Gasteiger partial charge in [0, 0.05) is 7.05 Å². The summed E-state index contributed by atoms with van der Waals surface area (Å²) in [6.07, 6.45) is 0. The van der Waals surface area contributed by atoms with Gasteiger partial charge in [-0.2, -0.15) is 0 Å². The maximum Gasteiger partial charge on any atom is 0.324 e. The molecule has 146 valence electrons. The van der Waals surface area contributed by atoms with E-state index in [0.717, 1.165) is 16.3 Å². The Kier molecular flexibility index (Phi) is 5.36. The summed E-state index contributed by atoms with van der Waals surface area (Å²) < 4.78 is 6.77. The summed E-state index contributed by atoms with van der Waals surface area (Å²) in [5.41, 5.74) is 1.28. The van der Waals surface area contributed by atoms with Gasteiger partial charge in [0.05, 0.1) is 17.5 Å². The molecule has 0 radical (unpaired) electrons. The van der Waals surface area contributed by atoms with E-state index in [1.54, 1.807) is 14.0 Å². The fraction of sp³-hybridized carbons (Fsp3) is 0.174. The molecular weight excluding hydrogens is 384 g/mol. The summed E-state index contributed by atoms with van der Waals surface area (Å²) in [6, 6.07) is 21.1. The van der Waals surface area contributed by atoms with Crippen LogP contribution in [0, 0.1) is 0 Å². The third kappa shape index (κ3) is 3.76. The highest BCUT2D eigenvalue weighted by Crippen LogP contribution is 2.35. The van der Waals surface area contributed by atoms with Gasteiger partial charge in [-0.05, 0) is 35.4 Å². The first-order chi connectivity index (χ1) is 14.1. The lowest BCUT2D eigenvalue weighted by molar-refractivity contribution is -0.142. The standard InChI is InChI=1S/C23H20N2O3S/c1-3-28-22(27)20(15-9-5-4-6-10-15)29-23-24-19-14-17-12-8-7-11-16(17)13-18(19)21(26)25(23)2/h4-14,20H,3H2,1-2H3/t20-/m0/s1. The molecule has 0 saturated carbocycles. The molecule has 5 nitrogen and oxygen atoms in total. The summed E-state index contributed by atoms with van der Waals surface area (Å²) in [5.74, 6) is -0.350. The summed E-state index contributed by atoms with van der Waals surface area (Å²) >= 11 is 1.23. The highest BCUT2D eigenvalue weighted by molar-refractivity contribution is 8.00. The number of ether oxygens (including phenoxy) is 1. The summed E-state index contributed by atoms with van der Waals surface area (Å²) in [5, 5.41) is 2.43. The highest BCUT2D eigenvalue weighted by atomic mass is 32.2. The molecule has 0 N–H and O–H groups in total. The van der Waals surface area contributed by atoms with E-state index in [0.29, 0.717) is 22.7 Å². The zero-order valence-electron chi connectivity index (χ0n) is 16.2. The van der Waals surface area contributed by atoms with Gasteiger partial charge in [0.2, 0.25) is 0 Å². The Morgan fingerprint density at radius 2 is 1.72 bits per heavy atom. The Labute approximate surface area is 172 Å². The van der Waals surface area contributed by atoms with Gasteiger partial charge in [0.1, 0.15) is 5.25 Å². The van der Waals surface area contributed by atoms with Gasteiger partial charge in [-0.3, -0.25) is 14.2 Å². The molecule has 3 aromatic carbocycles. The summed E-state index contributed by atoms with van der Waals surface area (Å²) in [4.78, 5) is 30.3. The molecule has 0 saturated heterocycles. The Morgan fingerprint density at radius 3 is 2.41 bits per heavy atom. The van der Waals surface area contributed by atoms with Crippen LogP contribution in [0.1, 0.15) is 17.7 Å². The predicted molar refractivity (Wildman–Crippen MR) is 116 cm³/mol. The highest BCUT2D eigenvalue weighted by Gasteiger charge is 2.25. The molecule has 1 heterocycles. The third-order valence-electron chi connectivity index (χ3n) is 4.73. The van der Waals surface area contributed by atoms with E-state index in [-0.39, 0.29) is 11.5 Å². The largest absolute Gasteiger partial charge is 0.465 e. The fourth-order valence-corrected chi connectivity index (χ4v) is 4.31. The smallest absolute Gasteiger partial charge is 0.324 e. The van der Waals surface area contributed by atoms with Gasteiger partial charge in [-0.1, -0.05) is 66.4 Å². The first-order valence-corrected chi connectivity index (χ1v) is 10.2. The van der Waals surface area contributed by atoms with Crippen molar-refractivity contribution in [3.05, 3.63) is 82.6 Å². The Hall–Kier alpha value is -3.12. The van der Waals surface area contributed by atoms with Crippen LogP contribution in [0.15, 0.2) is 76.7 Å². The normalized spacial score (nSPS) is 12.2. The van der Waals surface area contributed by atoms with Crippen LogP contribution >= 0.6 is 11.8 Å². The lowest BCUT2D eigenvalue weighted by Gasteiger charge is -2.17. The number of hydrogen-bond donors (Lipinski definition) is 0. The average molecular weight is 404 g/mol. The van der Waals surface area contributed by atoms with Gasteiger partial charge in [-0.15, -0.1) is 0 Å². The molecule has 4 aromatic rings. The molecule has 0 aliphatic carbocycles. The SMILES string of the molecule is CCOC(=O)[C@@H](Sc1nc2cc3ccccc3cc2c(=O)n1C)c1ccccc1. The van der Waals surface area contributed by atoms with Crippen LogP contribution in [0.25, 0.3) is 21.7 Å². The van der Waals surface area contributed by atoms with E-state index < -0.39 is 5.25 Å². The van der Waals surface area contributed by atoms with Crippen LogP contribution in [-0.4, -0.2) is 22.1 Å². The van der Waals surface area contributed by atoms with E-state index in [1.165, 1.54) is 16.3 Å². The monoisotopic (exact) mass is 404 g/mol. The molecule has 0 spiro atoms. The second-order valence-electron chi connectivity index (χ2n) is 6.64. The lowest BCUT2D eigenvalue weighted by Crippen LogP contribution is -2.22. The minimum absolute atomic E-state index is 0.140. The number of fused-ring (bicyclic) bond motifs is 2. The maximum atomic E-state index is 13.0. The van der Waals surface area contributed by atoms with Crippen molar-refractivity contribution in [1.29, 1.82) is 0 Å². The summed E-state index contributed by atoms with van der Waals surface area (Å²) in [6.45, 7) is 2.07. The quantitative estimate of drug-likeness (QED) is 0.212. The molecule has 6 heteroatoms. The number of carbonyl (C=O) groups is 1. The minimum atomic E-state index is -0.604. The van der Waals surface area contributed by atoms with E-state index in [2.05, 4.69) is 0 Å². The van der Waals surface area contributed by atoms with Gasteiger partial charge >= 0.3 is 5.97 Å². The Bertz CT molecular complexity index is 1250. The number of hydrogen-bond acceptors (Lipinski definition) is 5. The van der Waals surface area contributed by atoms with Crippen LogP contribution in [0.4, 0.5) is 0 Å². The molecule has 0 unspecified atom stereocenters. The second kappa shape index (κ2) is 8.09. The van der Waals surface area contributed by atoms with E-state index in [4.69, 9.17) is 9.72 Å². The van der Waals surface area contributed by atoms with Gasteiger partial charge < -0.3 is 4.74 Å². The average Bonchev–Trinajstić information content (AvgIpc) is 2.75. The molecule has 0 bridgehead atoms. The van der Waals surface area contributed by atoms with Crippen molar-refractivity contribution < 1.29 is 9.53 Å². The van der Waals surface area contributed by atoms with Crippen LogP contribution in [0.3, 0.4) is 0 Å². The number of nitrogens with zero attached hydrogens (tertiary/aromatic N) is 2. The molecule has 0 aliphatic rings. The first-order valence-electron chi connectivity index (χ1n) is 9.36. The van der Waals surface area contributed by atoms with Crippen molar-refractivity contribution in [3.63, 3.8) is 0 Å². The van der Waals surface area contributed by atoms with E-state index in [9.17, 15) is 9.59 Å². The number of aromatic nitrogens is 2. The van der Waals surface area contributed by atoms with Crippen molar-refractivity contribution in [2.75, 3.05) is 6.61 Å². The predicted octanol–water partition coefficient (Wildman–Crippen LogP) is 4.48. The summed E-state index contributed by atoms with van der Waals surface area (Å²) in [7, 11) is 1.68. The molecule has 0 fully saturated rings. The number of benzene rings is 3. The van der Waals surface area contributed by atoms with Gasteiger partial charge in [0.15, 0.2) is 5.16 Å². The Morgan fingerprint density at radius 1 is 1.07 bits per heavy atom. The molecule has 0 aliphatic heterocycles. The zero-order chi connectivity index (χ0) is 20.4. The molecular formula is C23H20N2O3S. The van der Waals surface area contributed by atoms with Crippen LogP contribution in [-0.2, 0) is 16.6 Å². The number of esters is 1. The van der Waals surface area contributed by atoms with Crippen molar-refractivity contribution in [3.8, 4) is 0 Å². The van der Waals surface area contributed by atoms with Crippen LogP contribution in [0.2, 0.25) is 0 Å². The zero-order valence-corrected chi connectivity index (χ0v) is 17.0.